The minimum Gasteiger partial charge on any atom is -0.508 e. The summed E-state index contributed by atoms with van der Waals surface area (Å²) in [5.41, 5.74) is 0. The van der Waals surface area contributed by atoms with Crippen molar-refractivity contribution in [3.8, 4) is 17.2 Å². The summed E-state index contributed by atoms with van der Waals surface area (Å²) in [7, 11) is 0. The highest BCUT2D eigenvalue weighted by Gasteiger charge is 2.15. The van der Waals surface area contributed by atoms with E-state index in [0.717, 1.165) is 11.5 Å². The van der Waals surface area contributed by atoms with Crippen LogP contribution in [0.1, 0.15) is 0 Å². The van der Waals surface area contributed by atoms with Gasteiger partial charge in [-0.2, -0.15) is 0 Å². The number of hydrogen-bond acceptors (Lipinski definition) is 3. The maximum Gasteiger partial charge on any atom is 0.170 e. The average molecular weight is 216 g/mol. The Kier molecular flexibility index (Phi) is 4.60. The van der Waals surface area contributed by atoms with Crippen LogP contribution in [0.25, 0.3) is 0 Å². The molecule has 2 aromatic rings. The van der Waals surface area contributed by atoms with Crippen molar-refractivity contribution in [2.75, 3.05) is 0 Å². The van der Waals surface area contributed by atoms with Gasteiger partial charge >= 0.3 is 0 Å². The van der Waals surface area contributed by atoms with Gasteiger partial charge in [0.1, 0.15) is 12.5 Å². The molecule has 0 fully saturated rings. The molecule has 1 heterocycles. The molecule has 0 saturated heterocycles. The first-order chi connectivity index (χ1) is 7.86. The minimum absolute atomic E-state index is 0.322. The van der Waals surface area contributed by atoms with Gasteiger partial charge in [0.15, 0.2) is 11.5 Å². The molecule has 0 bridgehead atoms. The summed E-state index contributed by atoms with van der Waals surface area (Å²) in [5, 5.41) is 8.63. The monoisotopic (exact) mass is 216 g/mol. The lowest BCUT2D eigenvalue weighted by Crippen LogP contribution is -1.56. The summed E-state index contributed by atoms with van der Waals surface area (Å²) in [5.74, 6) is 2.38. The predicted molar refractivity (Wildman–Crippen MR) is 61.7 cm³/mol. The molecule has 0 aromatic heterocycles. The second-order valence-corrected chi connectivity index (χ2v) is 2.88. The Morgan fingerprint density at radius 3 is 1.56 bits per heavy atom. The van der Waals surface area contributed by atoms with Crippen LogP contribution in [0.3, 0.4) is 0 Å². The van der Waals surface area contributed by atoms with Gasteiger partial charge in [-0.3, -0.25) is 0 Å². The highest BCUT2D eigenvalue weighted by Crippen LogP contribution is 2.43. The van der Waals surface area contributed by atoms with Crippen LogP contribution >= 0.6 is 0 Å². The first-order valence-electron chi connectivity index (χ1n) is 4.66. The molecular weight excluding hydrogens is 204 g/mol. The second kappa shape index (κ2) is 6.24. The van der Waals surface area contributed by atoms with Crippen molar-refractivity contribution >= 4 is 6.79 Å². The zero-order valence-corrected chi connectivity index (χ0v) is 8.67. The predicted octanol–water partition coefficient (Wildman–Crippen LogP) is 3.00. The van der Waals surface area contributed by atoms with Gasteiger partial charge in [0.25, 0.3) is 0 Å². The van der Waals surface area contributed by atoms with Crippen LogP contribution in [-0.2, 0) is 4.79 Å². The van der Waals surface area contributed by atoms with E-state index in [0.29, 0.717) is 5.75 Å². The lowest BCUT2D eigenvalue weighted by Gasteiger charge is -1.82. The summed E-state index contributed by atoms with van der Waals surface area (Å²) in [6, 6.07) is 16.5. The van der Waals surface area contributed by atoms with Gasteiger partial charge in [0, 0.05) is 0 Å². The van der Waals surface area contributed by atoms with Gasteiger partial charge < -0.3 is 14.6 Å². The van der Waals surface area contributed by atoms with E-state index in [2.05, 4.69) is 0 Å². The number of para-hydroxylation sites is 3. The quantitative estimate of drug-likeness (QED) is 0.588. The van der Waals surface area contributed by atoms with E-state index < -0.39 is 0 Å². The van der Waals surface area contributed by atoms with Crippen molar-refractivity contribution in [1.82, 2.24) is 0 Å². The zero-order chi connectivity index (χ0) is 11.8. The third-order valence-corrected chi connectivity index (χ3v) is 1.78. The molecule has 0 radical (unpaired) electrons. The molecule has 2 aromatic carbocycles. The molecule has 3 nitrogen and oxygen atoms in total. The van der Waals surface area contributed by atoms with Gasteiger partial charge in [-0.05, 0) is 24.3 Å². The fraction of sp³-hybridized carbons (Fsp3) is 0. The number of ether oxygens (including phenoxy) is 1. The summed E-state index contributed by atoms with van der Waals surface area (Å²) >= 11 is 0. The van der Waals surface area contributed by atoms with E-state index in [1.807, 2.05) is 37.1 Å². The molecular formula is C13H12O3. The van der Waals surface area contributed by atoms with Gasteiger partial charge in [0.2, 0.25) is 0 Å². The fourth-order valence-electron chi connectivity index (χ4n) is 1.04. The number of aromatic hydroxyl groups is 1. The Morgan fingerprint density at radius 1 is 0.812 bits per heavy atom. The van der Waals surface area contributed by atoms with Crippen LogP contribution < -0.4 is 4.74 Å². The second-order valence-electron chi connectivity index (χ2n) is 2.88. The van der Waals surface area contributed by atoms with Crippen molar-refractivity contribution in [2.24, 2.45) is 0 Å². The third kappa shape index (κ3) is 3.84. The maximum absolute atomic E-state index is 8.63. The largest absolute Gasteiger partial charge is 0.508 e. The Bertz CT molecular complexity index is 393. The molecule has 1 N–H and O–H groups in total. The van der Waals surface area contributed by atoms with Crippen molar-refractivity contribution in [3.05, 3.63) is 54.6 Å². The highest BCUT2D eigenvalue weighted by atomic mass is 16.6. The smallest absolute Gasteiger partial charge is 0.170 e. The highest BCUT2D eigenvalue weighted by molar-refractivity contribution is 5.53. The lowest BCUT2D eigenvalue weighted by atomic mass is 10.3. The molecule has 3 rings (SSSR count). The Balaban J connectivity index is 0.000000139. The molecule has 3 heteroatoms. The number of carbonyl (C=O) groups excluding carboxylic acids is 1. The van der Waals surface area contributed by atoms with Crippen LogP contribution in [0.5, 0.6) is 17.2 Å². The maximum atomic E-state index is 8.63. The van der Waals surface area contributed by atoms with Crippen LogP contribution in [-0.4, -0.2) is 11.9 Å². The van der Waals surface area contributed by atoms with Gasteiger partial charge in [-0.1, -0.05) is 30.3 Å². The molecule has 0 atom stereocenters. The Labute approximate surface area is 93.9 Å². The average Bonchev–Trinajstić information content (AvgIpc) is 3.12. The SMILES string of the molecule is C=O.Oc1ccccc1.c1ccc2c(c1)O2. The number of phenolic OH excluding ortho intramolecular Hbond substituents is 1. The number of rotatable bonds is 0. The molecule has 1 aliphatic rings. The van der Waals surface area contributed by atoms with Crippen molar-refractivity contribution in [3.63, 3.8) is 0 Å². The summed E-state index contributed by atoms with van der Waals surface area (Å²) in [4.78, 5) is 8.00. The molecule has 0 saturated carbocycles. The topological polar surface area (TPSA) is 49.8 Å². The van der Waals surface area contributed by atoms with Crippen LogP contribution in [0.2, 0.25) is 0 Å². The van der Waals surface area contributed by atoms with E-state index in [1.165, 1.54) is 0 Å². The Morgan fingerprint density at radius 2 is 1.25 bits per heavy atom. The zero-order valence-electron chi connectivity index (χ0n) is 8.67. The number of carbonyl (C=O) groups is 1. The van der Waals surface area contributed by atoms with Crippen LogP contribution in [0, 0.1) is 0 Å². The van der Waals surface area contributed by atoms with Crippen LogP contribution in [0.4, 0.5) is 0 Å². The summed E-state index contributed by atoms with van der Waals surface area (Å²) < 4.78 is 4.94. The standard InChI is InChI=1S/C6H4O.C6H6O.CH2O/c1-2-4-6-5(3-1)7-6;7-6-4-2-1-3-5-6;1-2/h1-4H;1-5,7H;1H2. The minimum atomic E-state index is 0.322. The molecule has 82 valence electrons. The lowest BCUT2D eigenvalue weighted by molar-refractivity contribution is -0.0979. The van der Waals surface area contributed by atoms with E-state index >= 15 is 0 Å². The van der Waals surface area contributed by atoms with E-state index in [9.17, 15) is 0 Å². The van der Waals surface area contributed by atoms with E-state index in [4.69, 9.17) is 14.6 Å². The van der Waals surface area contributed by atoms with Gasteiger partial charge in [0.05, 0.1) is 0 Å². The number of phenols is 1. The molecule has 0 unspecified atom stereocenters. The summed E-state index contributed by atoms with van der Waals surface area (Å²) in [6.45, 7) is 2.00. The normalized spacial score (nSPS) is 9.25. The molecule has 0 aliphatic carbocycles. The van der Waals surface area contributed by atoms with E-state index in [-0.39, 0.29) is 0 Å². The molecule has 0 spiro atoms. The first kappa shape index (κ1) is 11.8. The third-order valence-electron chi connectivity index (χ3n) is 1.78. The van der Waals surface area contributed by atoms with Crippen molar-refractivity contribution in [2.45, 2.75) is 0 Å². The molecule has 0 amide bonds. The van der Waals surface area contributed by atoms with Crippen molar-refractivity contribution in [1.29, 1.82) is 0 Å². The number of hydrogen-bond donors (Lipinski definition) is 1. The van der Waals surface area contributed by atoms with Gasteiger partial charge in [-0.15, -0.1) is 0 Å². The first-order valence-corrected chi connectivity index (χ1v) is 4.66. The Hall–Kier alpha value is -2.29. The molecule has 1 aliphatic heterocycles. The fourth-order valence-corrected chi connectivity index (χ4v) is 1.04. The number of benzene rings is 2. The van der Waals surface area contributed by atoms with Crippen LogP contribution in [0.15, 0.2) is 54.6 Å². The van der Waals surface area contributed by atoms with Crippen molar-refractivity contribution < 1.29 is 14.6 Å². The number of fused-ring (bicyclic) bond motifs is 1. The van der Waals surface area contributed by atoms with Gasteiger partial charge in [-0.25, -0.2) is 0 Å². The summed E-state index contributed by atoms with van der Waals surface area (Å²) in [6.07, 6.45) is 0. The molecule has 16 heavy (non-hydrogen) atoms. The van der Waals surface area contributed by atoms with E-state index in [1.54, 1.807) is 24.3 Å².